The second-order valence-electron chi connectivity index (χ2n) is 9.82. The van der Waals surface area contributed by atoms with Crippen LogP contribution in [0.5, 0.6) is 0 Å². The van der Waals surface area contributed by atoms with Crippen molar-refractivity contribution in [2.75, 3.05) is 0 Å². The van der Waals surface area contributed by atoms with Gasteiger partial charge in [0.15, 0.2) is 17.2 Å². The monoisotopic (exact) mass is 402 g/mol. The summed E-state index contributed by atoms with van der Waals surface area (Å²) >= 11 is 0. The molecular weight excluding hydrogens is 372 g/mol. The first-order valence-corrected chi connectivity index (χ1v) is 10.5. The summed E-state index contributed by atoms with van der Waals surface area (Å²) in [6.45, 7) is 6.83. The minimum atomic E-state index is -1.19. The smallest absolute Gasteiger partial charge is 0.303 e. The summed E-state index contributed by atoms with van der Waals surface area (Å²) in [7, 11) is 0. The first-order chi connectivity index (χ1) is 13.5. The number of Topliss-reactive ketones (excluding diaryl/α,β-unsaturated/α-hetero) is 1. The van der Waals surface area contributed by atoms with Crippen molar-refractivity contribution < 1.29 is 29.3 Å². The number of esters is 1. The molecule has 29 heavy (non-hydrogen) atoms. The van der Waals surface area contributed by atoms with Crippen molar-refractivity contribution in [1.82, 2.24) is 0 Å². The molecule has 6 nitrogen and oxygen atoms in total. The van der Waals surface area contributed by atoms with Crippen molar-refractivity contribution in [2.24, 2.45) is 28.6 Å². The van der Waals surface area contributed by atoms with Crippen LogP contribution in [-0.2, 0) is 19.1 Å². The van der Waals surface area contributed by atoms with E-state index in [4.69, 9.17) is 4.74 Å². The third-order valence-electron chi connectivity index (χ3n) is 8.66. The predicted octanol–water partition coefficient (Wildman–Crippen LogP) is 2.13. The zero-order chi connectivity index (χ0) is 21.4. The number of fused-ring (bicyclic) bond motifs is 5. The first kappa shape index (κ1) is 20.5. The topological polar surface area (TPSA) is 101 Å². The second kappa shape index (κ2) is 6.35. The van der Waals surface area contributed by atoms with Gasteiger partial charge in [0.25, 0.3) is 0 Å². The van der Waals surface area contributed by atoms with Gasteiger partial charge >= 0.3 is 5.97 Å². The Hall–Kier alpha value is -1.79. The van der Waals surface area contributed by atoms with Crippen LogP contribution in [0, 0.1) is 28.6 Å². The highest BCUT2D eigenvalue weighted by molar-refractivity contribution is 6.01. The minimum absolute atomic E-state index is 0.0367. The number of carbonyl (C=O) groups excluding carboxylic acids is 3. The van der Waals surface area contributed by atoms with Crippen LogP contribution in [0.1, 0.15) is 53.4 Å². The molecule has 4 aliphatic carbocycles. The molecule has 0 unspecified atom stereocenters. The van der Waals surface area contributed by atoms with Gasteiger partial charge in [0.2, 0.25) is 0 Å². The highest BCUT2D eigenvalue weighted by atomic mass is 16.6. The van der Waals surface area contributed by atoms with E-state index < -0.39 is 34.6 Å². The van der Waals surface area contributed by atoms with Gasteiger partial charge < -0.3 is 14.9 Å². The Balaban J connectivity index is 1.79. The first-order valence-electron chi connectivity index (χ1n) is 10.5. The van der Waals surface area contributed by atoms with Crippen LogP contribution in [0.4, 0.5) is 0 Å². The molecule has 4 aliphatic rings. The Kier molecular flexibility index (Phi) is 4.49. The van der Waals surface area contributed by atoms with Crippen LogP contribution in [-0.4, -0.2) is 45.6 Å². The lowest BCUT2D eigenvalue weighted by atomic mass is 9.46. The fourth-order valence-electron chi connectivity index (χ4n) is 7.28. The molecule has 3 saturated carbocycles. The van der Waals surface area contributed by atoms with Gasteiger partial charge in [-0.15, -0.1) is 0 Å². The maximum Gasteiger partial charge on any atom is 0.303 e. The van der Waals surface area contributed by atoms with E-state index in [1.807, 2.05) is 19.9 Å². The van der Waals surface area contributed by atoms with E-state index in [-0.39, 0.29) is 29.3 Å². The quantitative estimate of drug-likeness (QED) is 0.686. The van der Waals surface area contributed by atoms with Crippen LogP contribution in [0.15, 0.2) is 23.8 Å². The normalized spacial score (nSPS) is 48.3. The van der Waals surface area contributed by atoms with E-state index in [9.17, 15) is 24.6 Å². The highest BCUT2D eigenvalue weighted by Gasteiger charge is 2.69. The molecule has 3 fully saturated rings. The second-order valence-corrected chi connectivity index (χ2v) is 9.82. The molecule has 6 heteroatoms. The number of allylic oxidation sites excluding steroid dienone is 3. The summed E-state index contributed by atoms with van der Waals surface area (Å²) in [5.74, 6) is -1.08. The van der Waals surface area contributed by atoms with Gasteiger partial charge in [-0.25, -0.2) is 0 Å². The fourth-order valence-corrected chi connectivity index (χ4v) is 7.28. The molecule has 0 bridgehead atoms. The summed E-state index contributed by atoms with van der Waals surface area (Å²) < 4.78 is 5.72. The van der Waals surface area contributed by atoms with Gasteiger partial charge in [-0.3, -0.25) is 14.4 Å². The zero-order valence-electron chi connectivity index (χ0n) is 17.5. The lowest BCUT2D eigenvalue weighted by molar-refractivity contribution is -0.194. The molecule has 158 valence electrons. The van der Waals surface area contributed by atoms with Gasteiger partial charge in [0.05, 0.1) is 6.10 Å². The number of rotatable bonds is 2. The summed E-state index contributed by atoms with van der Waals surface area (Å²) in [5, 5.41) is 22.1. The molecule has 0 aromatic carbocycles. The predicted molar refractivity (Wildman–Crippen MR) is 105 cm³/mol. The van der Waals surface area contributed by atoms with Crippen molar-refractivity contribution in [3.05, 3.63) is 23.8 Å². The third-order valence-corrected chi connectivity index (χ3v) is 8.66. The maximum absolute atomic E-state index is 12.7. The molecule has 0 amide bonds. The van der Waals surface area contributed by atoms with Crippen LogP contribution in [0.25, 0.3) is 0 Å². The van der Waals surface area contributed by atoms with Gasteiger partial charge in [0.1, 0.15) is 6.10 Å². The number of aliphatic hydroxyl groups excluding tert-OH is 2. The number of hydrogen-bond donors (Lipinski definition) is 2. The Labute approximate surface area is 171 Å². The lowest BCUT2D eigenvalue weighted by Crippen LogP contribution is -2.63. The number of carbonyl (C=O) groups is 3. The maximum atomic E-state index is 12.7. The van der Waals surface area contributed by atoms with Gasteiger partial charge in [-0.2, -0.15) is 0 Å². The molecule has 0 spiro atoms. The Morgan fingerprint density at radius 2 is 1.76 bits per heavy atom. The molecule has 0 saturated heterocycles. The number of ether oxygens (including phenoxy) is 1. The van der Waals surface area contributed by atoms with Gasteiger partial charge in [-0.1, -0.05) is 19.9 Å². The Bertz CT molecular complexity index is 842. The largest absolute Gasteiger partial charge is 0.451 e. The molecule has 4 rings (SSSR count). The van der Waals surface area contributed by atoms with E-state index in [0.717, 1.165) is 0 Å². The van der Waals surface area contributed by atoms with Crippen molar-refractivity contribution >= 4 is 17.5 Å². The molecule has 0 aromatic heterocycles. The molecule has 0 radical (unpaired) electrons. The summed E-state index contributed by atoms with van der Waals surface area (Å²) in [4.78, 5) is 36.6. The zero-order valence-corrected chi connectivity index (χ0v) is 17.5. The van der Waals surface area contributed by atoms with E-state index in [1.165, 1.54) is 19.9 Å². The highest BCUT2D eigenvalue weighted by Crippen LogP contribution is 2.67. The average molecular weight is 402 g/mol. The molecule has 0 aliphatic heterocycles. The lowest BCUT2D eigenvalue weighted by Gasteiger charge is -2.60. The number of hydrogen-bond acceptors (Lipinski definition) is 6. The average Bonchev–Trinajstić information content (AvgIpc) is 2.94. The van der Waals surface area contributed by atoms with Crippen LogP contribution in [0.3, 0.4) is 0 Å². The van der Waals surface area contributed by atoms with E-state index in [1.54, 1.807) is 6.08 Å². The molecule has 0 heterocycles. The Morgan fingerprint density at radius 3 is 2.38 bits per heavy atom. The van der Waals surface area contributed by atoms with Crippen LogP contribution < -0.4 is 0 Å². The van der Waals surface area contributed by atoms with Gasteiger partial charge in [0, 0.05) is 17.8 Å². The molecule has 0 aromatic rings. The summed E-state index contributed by atoms with van der Waals surface area (Å²) in [6, 6.07) is 0. The van der Waals surface area contributed by atoms with Crippen LogP contribution >= 0.6 is 0 Å². The van der Waals surface area contributed by atoms with E-state index >= 15 is 0 Å². The summed E-state index contributed by atoms with van der Waals surface area (Å²) in [6.07, 6.45) is 5.21. The van der Waals surface area contributed by atoms with Crippen molar-refractivity contribution in [3.8, 4) is 0 Å². The SMILES string of the molecule is CC(=O)O[C@]1(C(C)=O)CC[C@H]2[C@@H]3[C@@H](O)[C@@H](O)C4=CC(=O)C=C[C@]4(C)[C@H]3CC[C@@]21C. The number of ketones is 2. The summed E-state index contributed by atoms with van der Waals surface area (Å²) in [5.41, 5.74) is -1.72. The van der Waals surface area contributed by atoms with E-state index in [0.29, 0.717) is 31.3 Å². The fraction of sp³-hybridized carbons (Fsp3) is 0.696. The van der Waals surface area contributed by atoms with Gasteiger partial charge in [-0.05, 0) is 68.1 Å². The number of aliphatic hydroxyl groups is 2. The third kappa shape index (κ3) is 2.51. The Morgan fingerprint density at radius 1 is 1.10 bits per heavy atom. The molecule has 2 N–H and O–H groups in total. The van der Waals surface area contributed by atoms with E-state index in [2.05, 4.69) is 0 Å². The van der Waals surface area contributed by atoms with Crippen molar-refractivity contribution in [3.63, 3.8) is 0 Å². The molecular formula is C23H30O6. The van der Waals surface area contributed by atoms with Crippen molar-refractivity contribution in [1.29, 1.82) is 0 Å². The molecule has 8 atom stereocenters. The van der Waals surface area contributed by atoms with Crippen molar-refractivity contribution in [2.45, 2.75) is 71.2 Å². The van der Waals surface area contributed by atoms with Crippen LogP contribution in [0.2, 0.25) is 0 Å². The minimum Gasteiger partial charge on any atom is -0.451 e. The standard InChI is InChI=1S/C23H30O6/c1-12(24)23(29-13(2)25)10-7-16-18-15(6-9-22(16,23)4)21(3)8-5-14(26)11-17(21)19(27)20(18)28/h5,8,11,15-16,18-20,27-28H,6-7,9-10H2,1-4H3/t15-,16-,18+,19-,20+,21+,22-,23-/m0/s1.